The molecule has 0 radical (unpaired) electrons. The van der Waals surface area contributed by atoms with Crippen LogP contribution in [0.2, 0.25) is 0 Å². The molecule has 0 saturated heterocycles. The van der Waals surface area contributed by atoms with Crippen LogP contribution in [0, 0.1) is 5.41 Å². The Balaban J connectivity index is 1.49. The van der Waals surface area contributed by atoms with Crippen molar-refractivity contribution < 1.29 is 14.3 Å². The minimum Gasteiger partial charge on any atom is -0.460 e. The molecule has 28 heavy (non-hydrogen) atoms. The zero-order valence-electron chi connectivity index (χ0n) is 16.7. The fraction of sp³-hybridized carbons (Fsp3) is 0.500. The number of hydrogen-bond acceptors (Lipinski definition) is 4. The second kappa shape index (κ2) is 6.76. The monoisotopic (exact) mass is 381 g/mol. The second-order valence-corrected chi connectivity index (χ2v) is 8.89. The van der Waals surface area contributed by atoms with Crippen molar-refractivity contribution in [3.8, 4) is 5.69 Å². The topological polar surface area (TPSA) is 73.2 Å². The van der Waals surface area contributed by atoms with Crippen LogP contribution in [0.1, 0.15) is 63.9 Å². The molecule has 1 amide bonds. The Morgan fingerprint density at radius 1 is 1.29 bits per heavy atom. The summed E-state index contributed by atoms with van der Waals surface area (Å²) in [7, 11) is 0. The zero-order chi connectivity index (χ0) is 19.9. The van der Waals surface area contributed by atoms with Crippen molar-refractivity contribution in [2.75, 3.05) is 0 Å². The highest BCUT2D eigenvalue weighted by atomic mass is 16.6. The third kappa shape index (κ3) is 3.68. The van der Waals surface area contributed by atoms with Crippen LogP contribution in [0.5, 0.6) is 0 Å². The van der Waals surface area contributed by atoms with E-state index in [1.807, 2.05) is 39.1 Å². The highest BCUT2D eigenvalue weighted by Gasteiger charge is 2.52. The lowest BCUT2D eigenvalue weighted by Crippen LogP contribution is -2.38. The summed E-state index contributed by atoms with van der Waals surface area (Å²) in [5, 5.41) is 3.18. The van der Waals surface area contributed by atoms with Gasteiger partial charge in [-0.2, -0.15) is 0 Å². The van der Waals surface area contributed by atoms with E-state index in [1.54, 1.807) is 6.20 Å². The van der Waals surface area contributed by atoms with Crippen molar-refractivity contribution in [2.45, 2.75) is 64.5 Å². The van der Waals surface area contributed by atoms with Crippen molar-refractivity contribution >= 4 is 11.9 Å². The van der Waals surface area contributed by atoms with E-state index in [9.17, 15) is 9.59 Å². The summed E-state index contributed by atoms with van der Waals surface area (Å²) in [6.45, 7) is 5.52. The molecule has 2 aliphatic rings. The van der Waals surface area contributed by atoms with E-state index in [1.165, 1.54) is 5.56 Å². The molecule has 1 saturated carbocycles. The van der Waals surface area contributed by atoms with E-state index in [2.05, 4.69) is 27.0 Å². The Labute approximate surface area is 165 Å². The maximum absolute atomic E-state index is 13.1. The van der Waals surface area contributed by atoms with E-state index in [0.717, 1.165) is 37.2 Å². The SMILES string of the molecule is CC(C)(C)OC(=O)CC1(C(=O)NC2CCc3ccccc3-n3ccnc32)CC1. The number of hydrogen-bond donors (Lipinski definition) is 1. The number of fused-ring (bicyclic) bond motifs is 3. The van der Waals surface area contributed by atoms with Crippen LogP contribution in [0.25, 0.3) is 5.69 Å². The first kappa shape index (κ1) is 18.7. The van der Waals surface area contributed by atoms with Gasteiger partial charge < -0.3 is 14.6 Å². The van der Waals surface area contributed by atoms with Crippen molar-refractivity contribution in [1.29, 1.82) is 0 Å². The number of aromatic nitrogens is 2. The van der Waals surface area contributed by atoms with Gasteiger partial charge in [-0.25, -0.2) is 4.98 Å². The van der Waals surface area contributed by atoms with Gasteiger partial charge in [-0.3, -0.25) is 9.59 Å². The molecule has 1 unspecified atom stereocenters. The van der Waals surface area contributed by atoms with Crippen molar-refractivity contribution in [1.82, 2.24) is 14.9 Å². The van der Waals surface area contributed by atoms with Gasteiger partial charge in [0.15, 0.2) is 0 Å². The van der Waals surface area contributed by atoms with Crippen LogP contribution < -0.4 is 5.32 Å². The summed E-state index contributed by atoms with van der Waals surface area (Å²) >= 11 is 0. The van der Waals surface area contributed by atoms with E-state index < -0.39 is 11.0 Å². The minimum absolute atomic E-state index is 0.0659. The molecular weight excluding hydrogens is 354 g/mol. The van der Waals surface area contributed by atoms with Gasteiger partial charge >= 0.3 is 5.97 Å². The van der Waals surface area contributed by atoms with Gasteiger partial charge in [0.1, 0.15) is 11.4 Å². The summed E-state index contributed by atoms with van der Waals surface area (Å²) < 4.78 is 7.48. The number of carbonyl (C=O) groups is 2. The number of carbonyl (C=O) groups excluding carboxylic acids is 2. The fourth-order valence-corrected chi connectivity index (χ4v) is 3.90. The smallest absolute Gasteiger partial charge is 0.307 e. The first-order valence-corrected chi connectivity index (χ1v) is 9.92. The molecule has 1 aliphatic carbocycles. The van der Waals surface area contributed by atoms with Crippen molar-refractivity contribution in [3.63, 3.8) is 0 Å². The minimum atomic E-state index is -0.626. The molecule has 2 aromatic rings. The first-order chi connectivity index (χ1) is 13.3. The third-order valence-corrected chi connectivity index (χ3v) is 5.48. The van der Waals surface area contributed by atoms with Gasteiger partial charge in [-0.15, -0.1) is 0 Å². The van der Waals surface area contributed by atoms with Crippen molar-refractivity contribution in [2.24, 2.45) is 5.41 Å². The molecule has 6 heteroatoms. The Kier molecular flexibility index (Phi) is 4.52. The maximum atomic E-state index is 13.1. The number of esters is 1. The molecule has 0 spiro atoms. The molecule has 1 fully saturated rings. The second-order valence-electron chi connectivity index (χ2n) is 8.89. The van der Waals surface area contributed by atoms with Crippen LogP contribution in [0.4, 0.5) is 0 Å². The van der Waals surface area contributed by atoms with Crippen LogP contribution in [-0.2, 0) is 20.7 Å². The largest absolute Gasteiger partial charge is 0.460 e. The van der Waals surface area contributed by atoms with E-state index >= 15 is 0 Å². The number of ether oxygens (including phenoxy) is 1. The average Bonchev–Trinajstić information content (AvgIpc) is 3.26. The highest BCUT2D eigenvalue weighted by Crippen LogP contribution is 2.50. The summed E-state index contributed by atoms with van der Waals surface area (Å²) in [5.41, 5.74) is 1.19. The number of nitrogens with zero attached hydrogens (tertiary/aromatic N) is 2. The molecule has 6 nitrogen and oxygen atoms in total. The van der Waals surface area contributed by atoms with Gasteiger partial charge in [-0.05, 0) is 58.1 Å². The number of amides is 1. The van der Waals surface area contributed by atoms with Crippen LogP contribution >= 0.6 is 0 Å². The number of aryl methyl sites for hydroxylation is 1. The van der Waals surface area contributed by atoms with Crippen LogP contribution in [0.3, 0.4) is 0 Å². The molecule has 148 valence electrons. The number of para-hydroxylation sites is 1. The van der Waals surface area contributed by atoms with Crippen molar-refractivity contribution in [3.05, 3.63) is 48.0 Å². The lowest BCUT2D eigenvalue weighted by atomic mass is 9.99. The maximum Gasteiger partial charge on any atom is 0.307 e. The van der Waals surface area contributed by atoms with Crippen LogP contribution in [0.15, 0.2) is 36.7 Å². The average molecular weight is 381 g/mol. The number of rotatable bonds is 4. The predicted molar refractivity (Wildman–Crippen MR) is 105 cm³/mol. The Morgan fingerprint density at radius 2 is 2.04 bits per heavy atom. The van der Waals surface area contributed by atoms with Gasteiger partial charge in [0.2, 0.25) is 5.91 Å². The molecule has 2 heterocycles. The molecule has 1 aromatic heterocycles. The quantitative estimate of drug-likeness (QED) is 0.823. The molecule has 4 rings (SSSR count). The molecule has 1 aromatic carbocycles. The molecular formula is C22H27N3O3. The summed E-state index contributed by atoms with van der Waals surface area (Å²) in [4.78, 5) is 29.8. The number of imidazole rings is 1. The summed E-state index contributed by atoms with van der Waals surface area (Å²) in [6, 6.07) is 8.07. The third-order valence-electron chi connectivity index (χ3n) is 5.48. The normalized spacial score (nSPS) is 19.8. The highest BCUT2D eigenvalue weighted by molar-refractivity contribution is 5.90. The van der Waals surface area contributed by atoms with Gasteiger partial charge in [0.25, 0.3) is 0 Å². The first-order valence-electron chi connectivity index (χ1n) is 9.92. The summed E-state index contributed by atoms with van der Waals surface area (Å²) in [6.07, 6.45) is 6.93. The summed E-state index contributed by atoms with van der Waals surface area (Å²) in [5.74, 6) is 0.463. The molecule has 0 bridgehead atoms. The van der Waals surface area contributed by atoms with E-state index in [-0.39, 0.29) is 24.3 Å². The lowest BCUT2D eigenvalue weighted by molar-refractivity contribution is -0.158. The Hall–Kier alpha value is -2.63. The van der Waals surface area contributed by atoms with Crippen LogP contribution in [-0.4, -0.2) is 27.0 Å². The fourth-order valence-electron chi connectivity index (χ4n) is 3.90. The molecule has 1 atom stereocenters. The molecule has 1 aliphatic heterocycles. The van der Waals surface area contributed by atoms with Gasteiger partial charge in [-0.1, -0.05) is 18.2 Å². The zero-order valence-corrected chi connectivity index (χ0v) is 16.7. The van der Waals surface area contributed by atoms with Gasteiger partial charge in [0, 0.05) is 18.1 Å². The van der Waals surface area contributed by atoms with E-state index in [4.69, 9.17) is 4.74 Å². The predicted octanol–water partition coefficient (Wildman–Crippen LogP) is 3.49. The number of nitrogens with one attached hydrogen (secondary N) is 1. The Bertz CT molecular complexity index is 906. The lowest BCUT2D eigenvalue weighted by Gasteiger charge is -2.23. The van der Waals surface area contributed by atoms with E-state index in [0.29, 0.717) is 0 Å². The standard InChI is InChI=1S/C22H27N3O3/c1-21(2,3)28-18(26)14-22(10-11-22)20(27)24-16-9-8-15-6-4-5-7-17(15)25-13-12-23-19(16)25/h4-7,12-13,16H,8-11,14H2,1-3H3,(H,24,27). The Morgan fingerprint density at radius 3 is 2.75 bits per heavy atom. The van der Waals surface area contributed by atoms with Gasteiger partial charge in [0.05, 0.1) is 17.9 Å². The molecule has 1 N–H and O–H groups in total. The number of benzene rings is 1.